The Balaban J connectivity index is 1.74. The van der Waals surface area contributed by atoms with Crippen LogP contribution in [0.25, 0.3) is 22.0 Å². The number of aromatic nitrogens is 1. The van der Waals surface area contributed by atoms with E-state index in [1.807, 2.05) is 29.2 Å². The van der Waals surface area contributed by atoms with Crippen LogP contribution >= 0.6 is 0 Å². The van der Waals surface area contributed by atoms with E-state index in [4.69, 9.17) is 0 Å². The Morgan fingerprint density at radius 2 is 1.88 bits per heavy atom. The minimum atomic E-state index is -0.639. The van der Waals surface area contributed by atoms with Crippen LogP contribution in [-0.2, 0) is 4.79 Å². The SMILES string of the molecule is C=CC(=O)N1CCN(C(=NC)c2cnc(-c3cc(O)cc4ccccc34)c(F)c2N=C)CC1. The average molecular weight is 445 g/mol. The third-order valence-electron chi connectivity index (χ3n) is 5.77. The van der Waals surface area contributed by atoms with Crippen LogP contribution in [0.15, 0.2) is 65.2 Å². The molecule has 33 heavy (non-hydrogen) atoms. The molecule has 168 valence electrons. The number of benzene rings is 2. The zero-order valence-corrected chi connectivity index (χ0v) is 18.3. The molecule has 0 atom stereocenters. The number of pyridine rings is 1. The molecule has 0 spiro atoms. The third kappa shape index (κ3) is 4.07. The molecule has 0 unspecified atom stereocenters. The van der Waals surface area contributed by atoms with Crippen molar-refractivity contribution in [3.05, 3.63) is 66.6 Å². The number of hydrogen-bond acceptors (Lipinski definition) is 5. The van der Waals surface area contributed by atoms with Crippen LogP contribution in [0, 0.1) is 5.82 Å². The highest BCUT2D eigenvalue weighted by Crippen LogP contribution is 2.37. The van der Waals surface area contributed by atoms with Crippen LogP contribution in [0.1, 0.15) is 5.56 Å². The van der Waals surface area contributed by atoms with Crippen molar-refractivity contribution in [1.82, 2.24) is 14.8 Å². The lowest BCUT2D eigenvalue weighted by Crippen LogP contribution is -2.50. The number of fused-ring (bicyclic) bond motifs is 1. The lowest BCUT2D eigenvalue weighted by Gasteiger charge is -2.36. The zero-order valence-electron chi connectivity index (χ0n) is 18.3. The Hall–Kier alpha value is -4.07. The number of aromatic hydroxyl groups is 1. The van der Waals surface area contributed by atoms with Gasteiger partial charge in [0.05, 0.1) is 5.56 Å². The standard InChI is InChI=1S/C25H24FN5O2/c1-4-21(33)30-9-11-31(12-10-30)25(28-3)20-15-29-24(22(26)23(20)27-2)19-14-17(32)13-16-7-5-6-8-18(16)19/h4-8,13-15,32H,1-2,9-12H2,3H3. The number of rotatable bonds is 4. The summed E-state index contributed by atoms with van der Waals surface area (Å²) in [6.07, 6.45) is 2.83. The molecule has 1 saturated heterocycles. The van der Waals surface area contributed by atoms with E-state index >= 15 is 4.39 Å². The summed E-state index contributed by atoms with van der Waals surface area (Å²) in [5.41, 5.74) is 0.996. The van der Waals surface area contributed by atoms with E-state index in [0.717, 1.165) is 10.8 Å². The molecule has 1 N–H and O–H groups in total. The Bertz CT molecular complexity index is 1280. The van der Waals surface area contributed by atoms with E-state index in [1.54, 1.807) is 18.0 Å². The molecule has 1 fully saturated rings. The highest BCUT2D eigenvalue weighted by molar-refractivity contribution is 6.04. The first kappa shape index (κ1) is 22.1. The number of amidine groups is 1. The second-order valence-corrected chi connectivity index (χ2v) is 7.62. The second-order valence-electron chi connectivity index (χ2n) is 7.62. The van der Waals surface area contributed by atoms with Crippen LogP contribution in [-0.4, -0.2) is 71.6 Å². The fourth-order valence-electron chi connectivity index (χ4n) is 4.17. The number of amides is 1. The molecular formula is C25H24FN5O2. The number of phenols is 1. The Labute approximate surface area is 191 Å². The van der Waals surface area contributed by atoms with Crippen molar-refractivity contribution in [1.29, 1.82) is 0 Å². The number of nitrogens with zero attached hydrogens (tertiary/aromatic N) is 5. The molecule has 1 aliphatic heterocycles. The van der Waals surface area contributed by atoms with E-state index in [1.165, 1.54) is 18.3 Å². The van der Waals surface area contributed by atoms with Crippen molar-refractivity contribution < 1.29 is 14.3 Å². The minimum absolute atomic E-state index is 0.0184. The van der Waals surface area contributed by atoms with Crippen LogP contribution in [0.4, 0.5) is 10.1 Å². The van der Waals surface area contributed by atoms with Crippen molar-refractivity contribution >= 4 is 34.9 Å². The second kappa shape index (κ2) is 9.20. The maximum Gasteiger partial charge on any atom is 0.246 e. The van der Waals surface area contributed by atoms with E-state index in [2.05, 4.69) is 28.3 Å². The number of piperazine rings is 1. The van der Waals surface area contributed by atoms with Gasteiger partial charge < -0.3 is 14.9 Å². The van der Waals surface area contributed by atoms with Crippen molar-refractivity contribution in [3.63, 3.8) is 0 Å². The van der Waals surface area contributed by atoms with Crippen LogP contribution in [0.3, 0.4) is 0 Å². The van der Waals surface area contributed by atoms with E-state index in [0.29, 0.717) is 43.1 Å². The van der Waals surface area contributed by atoms with Gasteiger partial charge in [0.1, 0.15) is 23.0 Å². The van der Waals surface area contributed by atoms with Gasteiger partial charge in [-0.15, -0.1) is 0 Å². The number of halogens is 1. The number of carbonyl (C=O) groups is 1. The molecule has 1 aliphatic rings. The molecule has 0 radical (unpaired) electrons. The molecule has 2 aromatic carbocycles. The Kier molecular flexibility index (Phi) is 6.17. The molecule has 1 aromatic heterocycles. The Morgan fingerprint density at radius 1 is 1.18 bits per heavy atom. The number of hydrogen-bond donors (Lipinski definition) is 1. The van der Waals surface area contributed by atoms with Crippen molar-refractivity contribution in [3.8, 4) is 17.0 Å². The van der Waals surface area contributed by atoms with Crippen LogP contribution in [0.5, 0.6) is 5.75 Å². The van der Waals surface area contributed by atoms with Crippen molar-refractivity contribution in [2.24, 2.45) is 9.98 Å². The average Bonchev–Trinajstić information content (AvgIpc) is 2.84. The molecule has 2 heterocycles. The third-order valence-corrected chi connectivity index (χ3v) is 5.77. The molecular weight excluding hydrogens is 421 g/mol. The molecule has 7 nitrogen and oxygen atoms in total. The first-order chi connectivity index (χ1) is 16.0. The minimum Gasteiger partial charge on any atom is -0.508 e. The summed E-state index contributed by atoms with van der Waals surface area (Å²) in [6, 6.07) is 10.5. The van der Waals surface area contributed by atoms with Gasteiger partial charge in [0.2, 0.25) is 5.91 Å². The fraction of sp³-hybridized carbons (Fsp3) is 0.200. The van der Waals surface area contributed by atoms with Gasteiger partial charge in [-0.05, 0) is 35.7 Å². The topological polar surface area (TPSA) is 81.4 Å². The first-order valence-corrected chi connectivity index (χ1v) is 10.5. The normalized spacial score (nSPS) is 14.4. The van der Waals surface area contributed by atoms with Crippen molar-refractivity contribution in [2.75, 3.05) is 33.2 Å². The lowest BCUT2D eigenvalue weighted by molar-refractivity contribution is -0.127. The predicted molar refractivity (Wildman–Crippen MR) is 129 cm³/mol. The Morgan fingerprint density at radius 3 is 2.55 bits per heavy atom. The van der Waals surface area contributed by atoms with Gasteiger partial charge in [-0.3, -0.25) is 19.8 Å². The van der Waals surface area contributed by atoms with Gasteiger partial charge in [-0.1, -0.05) is 30.8 Å². The molecule has 0 saturated carbocycles. The number of phenolic OH excluding ortho intramolecular Hbond substituents is 1. The molecule has 4 rings (SSSR count). The van der Waals surface area contributed by atoms with Gasteiger partial charge in [0, 0.05) is 45.0 Å². The lowest BCUT2D eigenvalue weighted by atomic mass is 9.99. The van der Waals surface area contributed by atoms with Gasteiger partial charge >= 0.3 is 0 Å². The van der Waals surface area contributed by atoms with E-state index < -0.39 is 5.82 Å². The molecule has 3 aromatic rings. The summed E-state index contributed by atoms with van der Waals surface area (Å²) in [5, 5.41) is 11.7. The monoisotopic (exact) mass is 445 g/mol. The maximum absolute atomic E-state index is 15.7. The summed E-state index contributed by atoms with van der Waals surface area (Å²) in [7, 11) is 1.62. The number of aliphatic imine (C=N–C) groups is 2. The molecule has 1 amide bonds. The summed E-state index contributed by atoms with van der Waals surface area (Å²) >= 11 is 0. The van der Waals surface area contributed by atoms with Gasteiger partial charge in [-0.2, -0.15) is 0 Å². The zero-order chi connectivity index (χ0) is 23.5. The highest BCUT2D eigenvalue weighted by Gasteiger charge is 2.26. The van der Waals surface area contributed by atoms with Crippen LogP contribution < -0.4 is 0 Å². The summed E-state index contributed by atoms with van der Waals surface area (Å²) < 4.78 is 15.7. The summed E-state index contributed by atoms with van der Waals surface area (Å²) in [6.45, 7) is 9.17. The maximum atomic E-state index is 15.7. The van der Waals surface area contributed by atoms with Crippen molar-refractivity contribution in [2.45, 2.75) is 0 Å². The quantitative estimate of drug-likeness (QED) is 0.376. The smallest absolute Gasteiger partial charge is 0.246 e. The van der Waals surface area contributed by atoms with E-state index in [-0.39, 0.29) is 23.0 Å². The van der Waals surface area contributed by atoms with Gasteiger partial charge in [0.25, 0.3) is 0 Å². The predicted octanol–water partition coefficient (Wildman–Crippen LogP) is 3.79. The first-order valence-electron chi connectivity index (χ1n) is 10.5. The largest absolute Gasteiger partial charge is 0.508 e. The van der Waals surface area contributed by atoms with E-state index in [9.17, 15) is 9.90 Å². The van der Waals surface area contributed by atoms with Gasteiger partial charge in [0.15, 0.2) is 5.82 Å². The summed E-state index contributed by atoms with van der Waals surface area (Å²) in [5.74, 6) is -0.208. The molecule has 0 bridgehead atoms. The van der Waals surface area contributed by atoms with Gasteiger partial charge in [-0.25, -0.2) is 4.39 Å². The molecule has 8 heteroatoms. The molecule has 0 aliphatic carbocycles. The van der Waals surface area contributed by atoms with Crippen LogP contribution in [0.2, 0.25) is 0 Å². The summed E-state index contributed by atoms with van der Waals surface area (Å²) in [4.78, 5) is 28.3. The fourth-order valence-corrected chi connectivity index (χ4v) is 4.17. The highest BCUT2D eigenvalue weighted by atomic mass is 19.1. The number of carbonyl (C=O) groups excluding carboxylic acids is 1.